The van der Waals surface area contributed by atoms with Gasteiger partial charge in [-0.2, -0.15) is 0 Å². The van der Waals surface area contributed by atoms with E-state index in [4.69, 9.17) is 35.1 Å². The predicted octanol–water partition coefficient (Wildman–Crippen LogP) is -1.15. The first-order valence-electron chi connectivity index (χ1n) is 4.02. The first-order chi connectivity index (χ1) is 7.18. The maximum atomic E-state index is 9.84. The molecule has 8 heteroatoms. The van der Waals surface area contributed by atoms with Crippen LogP contribution in [0.5, 0.6) is 0 Å². The molecule has 0 saturated heterocycles. The Balaban J connectivity index is -0.000000179. The number of aliphatic hydroxyl groups is 2. The summed E-state index contributed by atoms with van der Waals surface area (Å²) in [4.78, 5) is 27.8. The van der Waals surface area contributed by atoms with Crippen molar-refractivity contribution in [1.29, 1.82) is 0 Å². The average molecular weight is 240 g/mol. The van der Waals surface area contributed by atoms with Crippen molar-refractivity contribution in [3.05, 3.63) is 0 Å². The second kappa shape index (κ2) is 13.3. The Bertz CT molecular complexity index is 188. The van der Waals surface area contributed by atoms with Crippen molar-refractivity contribution >= 4 is 17.9 Å². The van der Waals surface area contributed by atoms with Crippen LogP contribution in [0.25, 0.3) is 0 Å². The minimum Gasteiger partial charge on any atom is -0.481 e. The maximum absolute atomic E-state index is 9.84. The molecule has 0 aliphatic heterocycles. The Morgan fingerprint density at radius 1 is 0.875 bits per heavy atom. The lowest BCUT2D eigenvalue weighted by molar-refractivity contribution is -0.144. The SMILES string of the molecule is CC(=O)O.CC(=O)O.O=C(O)C(CO)CO. The third-order valence-electron chi connectivity index (χ3n) is 0.790. The van der Waals surface area contributed by atoms with E-state index in [-0.39, 0.29) is 0 Å². The monoisotopic (exact) mass is 240 g/mol. The highest BCUT2D eigenvalue weighted by molar-refractivity contribution is 5.70. The molecule has 0 aliphatic carbocycles. The second-order valence-electron chi connectivity index (χ2n) is 2.44. The van der Waals surface area contributed by atoms with Gasteiger partial charge in [-0.3, -0.25) is 14.4 Å². The molecule has 16 heavy (non-hydrogen) atoms. The highest BCUT2D eigenvalue weighted by Gasteiger charge is 2.13. The summed E-state index contributed by atoms with van der Waals surface area (Å²) in [6.07, 6.45) is 0. The molecule has 8 nitrogen and oxygen atoms in total. The van der Waals surface area contributed by atoms with Crippen LogP contribution >= 0.6 is 0 Å². The van der Waals surface area contributed by atoms with E-state index in [0.29, 0.717) is 0 Å². The predicted molar refractivity (Wildman–Crippen MR) is 51.9 cm³/mol. The third kappa shape index (κ3) is 39.5. The van der Waals surface area contributed by atoms with E-state index in [2.05, 4.69) is 0 Å². The van der Waals surface area contributed by atoms with Crippen molar-refractivity contribution in [1.82, 2.24) is 0 Å². The van der Waals surface area contributed by atoms with Crippen molar-refractivity contribution < 1.29 is 39.9 Å². The van der Waals surface area contributed by atoms with Gasteiger partial charge >= 0.3 is 5.97 Å². The van der Waals surface area contributed by atoms with Gasteiger partial charge in [0.25, 0.3) is 11.9 Å². The molecule has 0 heterocycles. The van der Waals surface area contributed by atoms with Crippen molar-refractivity contribution in [3.8, 4) is 0 Å². The molecule has 0 unspecified atom stereocenters. The van der Waals surface area contributed by atoms with E-state index in [1.807, 2.05) is 0 Å². The topological polar surface area (TPSA) is 152 Å². The zero-order valence-corrected chi connectivity index (χ0v) is 8.95. The van der Waals surface area contributed by atoms with Crippen LogP contribution in [0.3, 0.4) is 0 Å². The van der Waals surface area contributed by atoms with E-state index in [0.717, 1.165) is 13.8 Å². The number of aliphatic hydroxyl groups excluding tert-OH is 2. The number of hydrogen-bond donors (Lipinski definition) is 5. The molecule has 0 aromatic carbocycles. The largest absolute Gasteiger partial charge is 0.481 e. The molecule has 0 saturated carbocycles. The van der Waals surface area contributed by atoms with Gasteiger partial charge in [0.1, 0.15) is 5.92 Å². The molecule has 0 aliphatic rings. The van der Waals surface area contributed by atoms with Crippen molar-refractivity contribution in [2.75, 3.05) is 13.2 Å². The molecule has 96 valence electrons. The van der Waals surface area contributed by atoms with Gasteiger partial charge in [-0.05, 0) is 0 Å². The van der Waals surface area contributed by atoms with Gasteiger partial charge in [0.2, 0.25) is 0 Å². The lowest BCUT2D eigenvalue weighted by Crippen LogP contribution is -2.21. The summed E-state index contributed by atoms with van der Waals surface area (Å²) in [5, 5.41) is 39.2. The minimum absolute atomic E-state index is 0.508. The summed E-state index contributed by atoms with van der Waals surface area (Å²) in [5.41, 5.74) is 0. The summed E-state index contributed by atoms with van der Waals surface area (Å²) < 4.78 is 0. The van der Waals surface area contributed by atoms with E-state index in [1.165, 1.54) is 0 Å². The smallest absolute Gasteiger partial charge is 0.311 e. The molecular weight excluding hydrogens is 224 g/mol. The standard InChI is InChI=1S/C4H8O4.2C2H4O2/c5-1-3(2-6)4(7)8;2*1-2(3)4/h3,5-6H,1-2H2,(H,7,8);2*1H3,(H,3,4). The molecule has 0 fully saturated rings. The summed E-state index contributed by atoms with van der Waals surface area (Å²) in [6, 6.07) is 0. The van der Waals surface area contributed by atoms with Gasteiger partial charge in [0, 0.05) is 13.8 Å². The second-order valence-corrected chi connectivity index (χ2v) is 2.44. The van der Waals surface area contributed by atoms with Crippen LogP contribution in [-0.2, 0) is 14.4 Å². The lowest BCUT2D eigenvalue weighted by Gasteiger charge is -2.01. The number of hydrogen-bond acceptors (Lipinski definition) is 5. The fraction of sp³-hybridized carbons (Fsp3) is 0.625. The zero-order valence-electron chi connectivity index (χ0n) is 8.95. The molecule has 0 aromatic heterocycles. The fourth-order valence-electron chi connectivity index (χ4n) is 0.214. The molecule has 0 rings (SSSR count). The summed E-state index contributed by atoms with van der Waals surface area (Å²) in [7, 11) is 0. The normalized spacial score (nSPS) is 8.06. The Kier molecular flexibility index (Phi) is 16.5. The molecule has 5 N–H and O–H groups in total. The van der Waals surface area contributed by atoms with Crippen LogP contribution in [0.2, 0.25) is 0 Å². The van der Waals surface area contributed by atoms with Gasteiger partial charge < -0.3 is 25.5 Å². The molecular formula is C8H16O8. The fourth-order valence-corrected chi connectivity index (χ4v) is 0.214. The highest BCUT2D eigenvalue weighted by atomic mass is 16.4. The number of aliphatic carboxylic acids is 3. The molecule has 0 radical (unpaired) electrons. The van der Waals surface area contributed by atoms with Gasteiger partial charge in [0.05, 0.1) is 13.2 Å². The maximum Gasteiger partial charge on any atom is 0.311 e. The Morgan fingerprint density at radius 2 is 1.06 bits per heavy atom. The average Bonchev–Trinajstić information content (AvgIpc) is 2.03. The van der Waals surface area contributed by atoms with Crippen molar-refractivity contribution in [2.24, 2.45) is 5.92 Å². The van der Waals surface area contributed by atoms with E-state index < -0.39 is 37.0 Å². The van der Waals surface area contributed by atoms with Crippen LogP contribution in [-0.4, -0.2) is 56.7 Å². The summed E-state index contributed by atoms with van der Waals surface area (Å²) in [5.74, 6) is -3.86. The number of carboxylic acid groups (broad SMARTS) is 3. The quantitative estimate of drug-likeness (QED) is 0.414. The van der Waals surface area contributed by atoms with E-state index in [1.54, 1.807) is 0 Å². The number of rotatable bonds is 3. The van der Waals surface area contributed by atoms with Crippen LogP contribution in [0.15, 0.2) is 0 Å². The number of carbonyl (C=O) groups is 3. The Morgan fingerprint density at radius 3 is 1.06 bits per heavy atom. The van der Waals surface area contributed by atoms with Gasteiger partial charge in [-0.25, -0.2) is 0 Å². The minimum atomic E-state index is -1.17. The molecule has 0 aromatic rings. The highest BCUT2D eigenvalue weighted by Crippen LogP contribution is 1.90. The van der Waals surface area contributed by atoms with Crippen LogP contribution in [0.1, 0.15) is 13.8 Å². The first kappa shape index (κ1) is 19.8. The van der Waals surface area contributed by atoms with Crippen molar-refractivity contribution in [2.45, 2.75) is 13.8 Å². The van der Waals surface area contributed by atoms with Gasteiger partial charge in [-0.1, -0.05) is 0 Å². The molecule has 0 atom stereocenters. The molecule has 0 amide bonds. The van der Waals surface area contributed by atoms with Gasteiger partial charge in [0.15, 0.2) is 0 Å². The van der Waals surface area contributed by atoms with Crippen LogP contribution < -0.4 is 0 Å². The first-order valence-corrected chi connectivity index (χ1v) is 4.02. The molecule has 0 bridgehead atoms. The van der Waals surface area contributed by atoms with E-state index >= 15 is 0 Å². The van der Waals surface area contributed by atoms with Crippen LogP contribution in [0, 0.1) is 5.92 Å². The Hall–Kier alpha value is -1.67. The van der Waals surface area contributed by atoms with Crippen LogP contribution in [0.4, 0.5) is 0 Å². The summed E-state index contributed by atoms with van der Waals surface area (Å²) in [6.45, 7) is 1.15. The zero-order chi connectivity index (χ0) is 13.7. The third-order valence-corrected chi connectivity index (χ3v) is 0.790. The Labute approximate surface area is 91.8 Å². The summed E-state index contributed by atoms with van der Waals surface area (Å²) >= 11 is 0. The van der Waals surface area contributed by atoms with Crippen molar-refractivity contribution in [3.63, 3.8) is 0 Å². The molecule has 0 spiro atoms. The van der Waals surface area contributed by atoms with E-state index in [9.17, 15) is 4.79 Å². The van der Waals surface area contributed by atoms with Gasteiger partial charge in [-0.15, -0.1) is 0 Å². The lowest BCUT2D eigenvalue weighted by atomic mass is 10.2. The number of carboxylic acids is 3.